The van der Waals surface area contributed by atoms with Gasteiger partial charge in [-0.1, -0.05) is 6.07 Å². The van der Waals surface area contributed by atoms with E-state index < -0.39 is 10.0 Å². The summed E-state index contributed by atoms with van der Waals surface area (Å²) in [4.78, 5) is 2.68. The van der Waals surface area contributed by atoms with Gasteiger partial charge in [0, 0.05) is 25.7 Å². The van der Waals surface area contributed by atoms with Gasteiger partial charge < -0.3 is 9.64 Å². The number of likely N-dealkylation sites (tertiary alicyclic amines) is 1. The van der Waals surface area contributed by atoms with Crippen molar-refractivity contribution in [1.82, 2.24) is 9.21 Å². The lowest BCUT2D eigenvalue weighted by atomic mass is 9.78. The maximum atomic E-state index is 12.8. The highest BCUT2D eigenvalue weighted by atomic mass is 32.2. The van der Waals surface area contributed by atoms with Gasteiger partial charge in [0.1, 0.15) is 5.75 Å². The van der Waals surface area contributed by atoms with E-state index in [-0.39, 0.29) is 0 Å². The van der Waals surface area contributed by atoms with Crippen molar-refractivity contribution in [2.75, 3.05) is 40.3 Å². The summed E-state index contributed by atoms with van der Waals surface area (Å²) in [6.07, 6.45) is 3.11. The zero-order valence-corrected chi connectivity index (χ0v) is 14.1. The van der Waals surface area contributed by atoms with E-state index in [1.165, 1.54) is 6.42 Å². The molecule has 1 spiro atoms. The Bertz CT molecular complexity index is 637. The van der Waals surface area contributed by atoms with E-state index in [4.69, 9.17) is 4.74 Å². The van der Waals surface area contributed by atoms with Crippen molar-refractivity contribution in [3.63, 3.8) is 0 Å². The Hall–Kier alpha value is -1.11. The lowest BCUT2D eigenvalue weighted by molar-refractivity contribution is 0.161. The topological polar surface area (TPSA) is 49.9 Å². The van der Waals surface area contributed by atoms with Gasteiger partial charge in [0.05, 0.1) is 12.0 Å². The van der Waals surface area contributed by atoms with Crippen LogP contribution >= 0.6 is 0 Å². The van der Waals surface area contributed by atoms with Crippen LogP contribution in [0.3, 0.4) is 0 Å². The largest absolute Gasteiger partial charge is 0.497 e. The molecule has 0 radical (unpaired) electrons. The predicted molar refractivity (Wildman–Crippen MR) is 85.5 cm³/mol. The number of methoxy groups -OCH3 is 1. The molecule has 1 aromatic rings. The molecule has 0 unspecified atom stereocenters. The van der Waals surface area contributed by atoms with Crippen LogP contribution in [0.4, 0.5) is 0 Å². The second-order valence-electron chi connectivity index (χ2n) is 6.57. The summed E-state index contributed by atoms with van der Waals surface area (Å²) in [5.41, 5.74) is 0.329. The summed E-state index contributed by atoms with van der Waals surface area (Å²) in [6.45, 7) is 3.46. The minimum atomic E-state index is -3.41. The van der Waals surface area contributed by atoms with Crippen LogP contribution in [-0.2, 0) is 10.0 Å². The summed E-state index contributed by atoms with van der Waals surface area (Å²) in [5.74, 6) is 0.576. The highest BCUT2D eigenvalue weighted by Gasteiger charge is 2.41. The van der Waals surface area contributed by atoms with Gasteiger partial charge >= 0.3 is 0 Å². The van der Waals surface area contributed by atoms with Crippen LogP contribution in [0.1, 0.15) is 19.3 Å². The van der Waals surface area contributed by atoms with Gasteiger partial charge in [-0.2, -0.15) is 4.31 Å². The molecule has 0 aliphatic carbocycles. The first kappa shape index (κ1) is 15.8. The van der Waals surface area contributed by atoms with Crippen LogP contribution in [0.5, 0.6) is 5.75 Å². The fourth-order valence-electron chi connectivity index (χ4n) is 3.68. The summed E-state index contributed by atoms with van der Waals surface area (Å²) < 4.78 is 32.3. The number of hydrogen-bond acceptors (Lipinski definition) is 4. The molecular formula is C16H24N2O3S. The SMILES string of the molecule is COc1cccc(S(=O)(=O)N2CCC3(CCN(C)C3)CC2)c1. The Morgan fingerprint density at radius 1 is 1.14 bits per heavy atom. The standard InChI is InChI=1S/C16H24N2O3S/c1-17-9-6-16(13-17)7-10-18(11-8-16)22(19,20)15-5-3-4-14(12-15)21-2/h3-5,12H,6-11,13H2,1-2H3. The Morgan fingerprint density at radius 3 is 2.41 bits per heavy atom. The normalized spacial score (nSPS) is 23.0. The highest BCUT2D eigenvalue weighted by molar-refractivity contribution is 7.89. The zero-order chi connectivity index (χ0) is 15.8. The van der Waals surface area contributed by atoms with Gasteiger partial charge in [-0.15, -0.1) is 0 Å². The van der Waals surface area contributed by atoms with Crippen molar-refractivity contribution in [3.05, 3.63) is 24.3 Å². The number of sulfonamides is 1. The van der Waals surface area contributed by atoms with Crippen LogP contribution < -0.4 is 4.74 Å². The van der Waals surface area contributed by atoms with Gasteiger partial charge in [-0.3, -0.25) is 0 Å². The molecule has 122 valence electrons. The van der Waals surface area contributed by atoms with Crippen LogP contribution in [-0.4, -0.2) is 58.0 Å². The smallest absolute Gasteiger partial charge is 0.243 e. The van der Waals surface area contributed by atoms with E-state index in [9.17, 15) is 8.42 Å². The quantitative estimate of drug-likeness (QED) is 0.851. The molecule has 2 heterocycles. The third-order valence-corrected chi connectivity index (χ3v) is 6.99. The summed E-state index contributed by atoms with van der Waals surface area (Å²) in [7, 11) is 0.281. The molecule has 3 rings (SSSR count). The minimum Gasteiger partial charge on any atom is -0.497 e. The molecule has 6 heteroatoms. The number of benzene rings is 1. The molecule has 1 aromatic carbocycles. The first-order chi connectivity index (χ1) is 10.5. The maximum Gasteiger partial charge on any atom is 0.243 e. The monoisotopic (exact) mass is 324 g/mol. The molecular weight excluding hydrogens is 300 g/mol. The predicted octanol–water partition coefficient (Wildman–Crippen LogP) is 1.80. The third kappa shape index (κ3) is 2.87. The van der Waals surface area contributed by atoms with Crippen LogP contribution in [0.2, 0.25) is 0 Å². The average molecular weight is 324 g/mol. The Morgan fingerprint density at radius 2 is 1.82 bits per heavy atom. The average Bonchev–Trinajstić information content (AvgIpc) is 2.88. The van der Waals surface area contributed by atoms with Gasteiger partial charge in [0.25, 0.3) is 0 Å². The van der Waals surface area contributed by atoms with E-state index in [0.717, 1.165) is 25.9 Å². The van der Waals surface area contributed by atoms with Gasteiger partial charge in [0.15, 0.2) is 0 Å². The molecule has 0 atom stereocenters. The van der Waals surface area contributed by atoms with Crippen molar-refractivity contribution in [1.29, 1.82) is 0 Å². The van der Waals surface area contributed by atoms with E-state index >= 15 is 0 Å². The van der Waals surface area contributed by atoms with E-state index in [2.05, 4.69) is 11.9 Å². The lowest BCUT2D eigenvalue weighted by Crippen LogP contribution is -2.44. The van der Waals surface area contributed by atoms with Crippen LogP contribution in [0, 0.1) is 5.41 Å². The van der Waals surface area contributed by atoms with Gasteiger partial charge in [-0.05, 0) is 50.4 Å². The van der Waals surface area contributed by atoms with Crippen molar-refractivity contribution < 1.29 is 13.2 Å². The van der Waals surface area contributed by atoms with Crippen molar-refractivity contribution in [3.8, 4) is 5.75 Å². The molecule has 2 aliphatic heterocycles. The fraction of sp³-hybridized carbons (Fsp3) is 0.625. The molecule has 0 amide bonds. The lowest BCUT2D eigenvalue weighted by Gasteiger charge is -2.38. The van der Waals surface area contributed by atoms with E-state index in [1.807, 2.05) is 0 Å². The Balaban J connectivity index is 1.74. The molecule has 22 heavy (non-hydrogen) atoms. The van der Waals surface area contributed by atoms with Crippen LogP contribution in [0.15, 0.2) is 29.2 Å². The third-order valence-electron chi connectivity index (χ3n) is 5.09. The molecule has 5 nitrogen and oxygen atoms in total. The van der Waals surface area contributed by atoms with Crippen molar-refractivity contribution >= 4 is 10.0 Å². The van der Waals surface area contributed by atoms with Crippen LogP contribution in [0.25, 0.3) is 0 Å². The summed E-state index contributed by atoms with van der Waals surface area (Å²) in [5, 5.41) is 0. The first-order valence-electron chi connectivity index (χ1n) is 7.78. The second kappa shape index (κ2) is 5.83. The van der Waals surface area contributed by atoms with Gasteiger partial charge in [-0.25, -0.2) is 8.42 Å². The molecule has 0 aromatic heterocycles. The molecule has 0 bridgehead atoms. The van der Waals surface area contributed by atoms with E-state index in [1.54, 1.807) is 35.7 Å². The number of ether oxygens (including phenoxy) is 1. The Labute approximate surface area is 132 Å². The molecule has 0 saturated carbocycles. The summed E-state index contributed by atoms with van der Waals surface area (Å²) in [6, 6.07) is 6.73. The van der Waals surface area contributed by atoms with Crippen molar-refractivity contribution in [2.24, 2.45) is 5.41 Å². The zero-order valence-electron chi connectivity index (χ0n) is 13.3. The molecule has 2 fully saturated rings. The second-order valence-corrected chi connectivity index (χ2v) is 8.51. The van der Waals surface area contributed by atoms with Crippen molar-refractivity contribution in [2.45, 2.75) is 24.2 Å². The summed E-state index contributed by atoms with van der Waals surface area (Å²) >= 11 is 0. The molecule has 0 N–H and O–H groups in total. The maximum absolute atomic E-state index is 12.8. The fourth-order valence-corrected chi connectivity index (χ4v) is 5.16. The highest BCUT2D eigenvalue weighted by Crippen LogP contribution is 2.40. The number of hydrogen-bond donors (Lipinski definition) is 0. The Kier molecular flexibility index (Phi) is 4.18. The molecule has 2 saturated heterocycles. The van der Waals surface area contributed by atoms with Gasteiger partial charge in [0.2, 0.25) is 10.0 Å². The minimum absolute atomic E-state index is 0.325. The number of piperidine rings is 1. The number of nitrogens with zero attached hydrogens (tertiary/aromatic N) is 2. The number of rotatable bonds is 3. The first-order valence-corrected chi connectivity index (χ1v) is 9.22. The molecule has 2 aliphatic rings. The van der Waals surface area contributed by atoms with E-state index in [0.29, 0.717) is 29.1 Å².